The zero-order valence-electron chi connectivity index (χ0n) is 16.1. The summed E-state index contributed by atoms with van der Waals surface area (Å²) in [6.07, 6.45) is 3.72. The number of carbonyl (C=O) groups is 2. The third-order valence-corrected chi connectivity index (χ3v) is 5.23. The summed E-state index contributed by atoms with van der Waals surface area (Å²) in [5.74, 6) is -0.564. The van der Waals surface area contributed by atoms with Gasteiger partial charge in [-0.15, -0.1) is 0 Å². The largest absolute Gasteiger partial charge is 0.371 e. The Kier molecular flexibility index (Phi) is 6.93. The molecule has 5 nitrogen and oxygen atoms in total. The maximum absolute atomic E-state index is 12.8. The molecule has 0 aromatic heterocycles. The predicted octanol–water partition coefficient (Wildman–Crippen LogP) is 4.48. The van der Waals surface area contributed by atoms with Gasteiger partial charge in [-0.25, -0.2) is 0 Å². The van der Waals surface area contributed by atoms with E-state index in [0.717, 1.165) is 30.9 Å². The van der Waals surface area contributed by atoms with Gasteiger partial charge in [-0.05, 0) is 49.6 Å². The third kappa shape index (κ3) is 5.04. The standard InChI is InChI=1S/C22H26ClN3O2/c1-2-8-20(25-21(27)18-11-3-4-12-19(18)23)22(28)24-16-9-7-10-17(15-16)26-13-5-6-14-26/h3-4,7,9-12,15,20H,2,5-6,8,13-14H2,1H3,(H,24,28)(H,25,27). The summed E-state index contributed by atoms with van der Waals surface area (Å²) in [4.78, 5) is 27.7. The van der Waals surface area contributed by atoms with E-state index >= 15 is 0 Å². The second-order valence-electron chi connectivity index (χ2n) is 7.03. The van der Waals surface area contributed by atoms with E-state index < -0.39 is 6.04 Å². The Balaban J connectivity index is 1.68. The van der Waals surface area contributed by atoms with Crippen molar-refractivity contribution in [3.05, 3.63) is 59.1 Å². The van der Waals surface area contributed by atoms with Crippen LogP contribution in [0, 0.1) is 0 Å². The van der Waals surface area contributed by atoms with Gasteiger partial charge < -0.3 is 15.5 Å². The summed E-state index contributed by atoms with van der Waals surface area (Å²) >= 11 is 6.10. The van der Waals surface area contributed by atoms with Crippen LogP contribution in [0.25, 0.3) is 0 Å². The zero-order valence-corrected chi connectivity index (χ0v) is 16.8. The van der Waals surface area contributed by atoms with E-state index in [2.05, 4.69) is 21.6 Å². The maximum Gasteiger partial charge on any atom is 0.253 e. The van der Waals surface area contributed by atoms with Crippen molar-refractivity contribution in [2.75, 3.05) is 23.3 Å². The molecule has 1 aliphatic rings. The van der Waals surface area contributed by atoms with E-state index in [4.69, 9.17) is 11.6 Å². The normalized spacial score (nSPS) is 14.6. The molecule has 2 N–H and O–H groups in total. The summed E-state index contributed by atoms with van der Waals surface area (Å²) in [6, 6.07) is 14.1. The van der Waals surface area contributed by atoms with Gasteiger partial charge in [0.25, 0.3) is 5.91 Å². The Morgan fingerprint density at radius 3 is 2.57 bits per heavy atom. The Hall–Kier alpha value is -2.53. The van der Waals surface area contributed by atoms with Gasteiger partial charge in [-0.3, -0.25) is 9.59 Å². The number of hydrogen-bond donors (Lipinski definition) is 2. The number of benzene rings is 2. The highest BCUT2D eigenvalue weighted by atomic mass is 35.5. The van der Waals surface area contributed by atoms with Gasteiger partial charge in [-0.1, -0.05) is 43.1 Å². The lowest BCUT2D eigenvalue weighted by Gasteiger charge is -2.20. The molecule has 1 fully saturated rings. The third-order valence-electron chi connectivity index (χ3n) is 4.90. The van der Waals surface area contributed by atoms with E-state index in [1.165, 1.54) is 12.8 Å². The molecule has 3 rings (SSSR count). The summed E-state index contributed by atoms with van der Waals surface area (Å²) in [5, 5.41) is 6.14. The number of anilines is 2. The molecule has 1 atom stereocenters. The van der Waals surface area contributed by atoms with Crippen LogP contribution in [0.4, 0.5) is 11.4 Å². The Morgan fingerprint density at radius 2 is 1.86 bits per heavy atom. The molecule has 2 aromatic carbocycles. The van der Waals surface area contributed by atoms with Crippen LogP contribution in [0.2, 0.25) is 5.02 Å². The van der Waals surface area contributed by atoms with Crippen molar-refractivity contribution in [1.29, 1.82) is 0 Å². The molecule has 2 amide bonds. The van der Waals surface area contributed by atoms with E-state index in [9.17, 15) is 9.59 Å². The highest BCUT2D eigenvalue weighted by Crippen LogP contribution is 2.23. The molecule has 6 heteroatoms. The molecule has 0 spiro atoms. The molecule has 1 heterocycles. The van der Waals surface area contributed by atoms with Crippen LogP contribution in [-0.2, 0) is 4.79 Å². The van der Waals surface area contributed by atoms with Crippen LogP contribution in [0.5, 0.6) is 0 Å². The Bertz CT molecular complexity index is 834. The predicted molar refractivity (Wildman–Crippen MR) is 114 cm³/mol. The summed E-state index contributed by atoms with van der Waals surface area (Å²) in [5.41, 5.74) is 2.22. The quantitative estimate of drug-likeness (QED) is 0.721. The SMILES string of the molecule is CCCC(NC(=O)c1ccccc1Cl)C(=O)Nc1cccc(N2CCCC2)c1. The lowest BCUT2D eigenvalue weighted by Crippen LogP contribution is -2.43. The lowest BCUT2D eigenvalue weighted by atomic mass is 10.1. The Labute approximate surface area is 171 Å². The molecule has 148 valence electrons. The molecular weight excluding hydrogens is 374 g/mol. The molecule has 2 aromatic rings. The van der Waals surface area contributed by atoms with Gasteiger partial charge in [0.05, 0.1) is 10.6 Å². The second-order valence-corrected chi connectivity index (χ2v) is 7.44. The summed E-state index contributed by atoms with van der Waals surface area (Å²) in [6.45, 7) is 4.07. The van der Waals surface area contributed by atoms with Crippen molar-refractivity contribution in [1.82, 2.24) is 5.32 Å². The molecule has 1 unspecified atom stereocenters. The fraction of sp³-hybridized carbons (Fsp3) is 0.364. The van der Waals surface area contributed by atoms with Crippen molar-refractivity contribution in [2.45, 2.75) is 38.6 Å². The van der Waals surface area contributed by atoms with Crippen molar-refractivity contribution in [3.8, 4) is 0 Å². The number of carbonyl (C=O) groups excluding carboxylic acids is 2. The van der Waals surface area contributed by atoms with Gasteiger partial charge >= 0.3 is 0 Å². The number of hydrogen-bond acceptors (Lipinski definition) is 3. The van der Waals surface area contributed by atoms with Crippen LogP contribution in [0.15, 0.2) is 48.5 Å². The number of rotatable bonds is 7. The molecular formula is C22H26ClN3O2. The van der Waals surface area contributed by atoms with Gasteiger partial charge in [0, 0.05) is 24.5 Å². The van der Waals surface area contributed by atoms with Crippen LogP contribution >= 0.6 is 11.6 Å². The number of amides is 2. The molecule has 0 aliphatic carbocycles. The first-order valence-electron chi connectivity index (χ1n) is 9.79. The Morgan fingerprint density at radius 1 is 1.11 bits per heavy atom. The topological polar surface area (TPSA) is 61.4 Å². The minimum Gasteiger partial charge on any atom is -0.371 e. The first-order chi connectivity index (χ1) is 13.6. The molecule has 0 saturated carbocycles. The van der Waals surface area contributed by atoms with Crippen molar-refractivity contribution >= 4 is 34.8 Å². The van der Waals surface area contributed by atoms with Crippen molar-refractivity contribution < 1.29 is 9.59 Å². The number of halogens is 1. The van der Waals surface area contributed by atoms with Crippen LogP contribution < -0.4 is 15.5 Å². The van der Waals surface area contributed by atoms with Gasteiger partial charge in [0.1, 0.15) is 6.04 Å². The fourth-order valence-electron chi connectivity index (χ4n) is 3.42. The fourth-order valence-corrected chi connectivity index (χ4v) is 3.65. The molecule has 1 saturated heterocycles. The smallest absolute Gasteiger partial charge is 0.253 e. The molecule has 0 radical (unpaired) electrons. The van der Waals surface area contributed by atoms with Crippen LogP contribution in [-0.4, -0.2) is 30.9 Å². The van der Waals surface area contributed by atoms with Gasteiger partial charge in [0.15, 0.2) is 0 Å². The highest BCUT2D eigenvalue weighted by molar-refractivity contribution is 6.33. The van der Waals surface area contributed by atoms with E-state index in [1.807, 2.05) is 25.1 Å². The van der Waals surface area contributed by atoms with E-state index in [0.29, 0.717) is 17.0 Å². The average molecular weight is 400 g/mol. The molecule has 0 bridgehead atoms. The van der Waals surface area contributed by atoms with E-state index in [-0.39, 0.29) is 11.8 Å². The minimum absolute atomic E-state index is 0.221. The van der Waals surface area contributed by atoms with Crippen molar-refractivity contribution in [3.63, 3.8) is 0 Å². The number of nitrogens with zero attached hydrogens (tertiary/aromatic N) is 1. The first-order valence-corrected chi connectivity index (χ1v) is 10.2. The van der Waals surface area contributed by atoms with Crippen LogP contribution in [0.3, 0.4) is 0 Å². The zero-order chi connectivity index (χ0) is 19.9. The first kappa shape index (κ1) is 20.2. The van der Waals surface area contributed by atoms with Gasteiger partial charge in [0.2, 0.25) is 5.91 Å². The monoisotopic (exact) mass is 399 g/mol. The lowest BCUT2D eigenvalue weighted by molar-refractivity contribution is -0.118. The maximum atomic E-state index is 12.8. The number of nitrogens with one attached hydrogen (secondary N) is 2. The molecule has 28 heavy (non-hydrogen) atoms. The summed E-state index contributed by atoms with van der Waals surface area (Å²) in [7, 11) is 0. The second kappa shape index (κ2) is 9.60. The average Bonchev–Trinajstić information content (AvgIpc) is 3.23. The molecule has 1 aliphatic heterocycles. The van der Waals surface area contributed by atoms with Crippen LogP contribution in [0.1, 0.15) is 43.0 Å². The van der Waals surface area contributed by atoms with Gasteiger partial charge in [-0.2, -0.15) is 0 Å². The highest BCUT2D eigenvalue weighted by Gasteiger charge is 2.22. The van der Waals surface area contributed by atoms with E-state index in [1.54, 1.807) is 24.3 Å². The minimum atomic E-state index is -0.621. The van der Waals surface area contributed by atoms with Crippen molar-refractivity contribution in [2.24, 2.45) is 0 Å². The summed E-state index contributed by atoms with van der Waals surface area (Å²) < 4.78 is 0.